The number of nitrogens with one attached hydrogen (secondary N) is 2. The summed E-state index contributed by atoms with van der Waals surface area (Å²) in [6.45, 7) is 5.25. The van der Waals surface area contributed by atoms with Crippen LogP contribution in [0.25, 0.3) is 10.9 Å². The predicted molar refractivity (Wildman–Crippen MR) is 86.9 cm³/mol. The van der Waals surface area contributed by atoms with Crippen LogP contribution in [-0.2, 0) is 4.74 Å². The zero-order valence-electron chi connectivity index (χ0n) is 12.6. The van der Waals surface area contributed by atoms with Crippen molar-refractivity contribution in [3.05, 3.63) is 30.0 Å². The number of ether oxygens (including phenoxy) is 1. The maximum absolute atomic E-state index is 12.1. The molecule has 1 fully saturated rings. The minimum atomic E-state index is -0.0725. The standard InChI is InChI=1S/C16H22N4O2/c17-13-2-3-14-12(10-13)11-15(19-14)16(21)18-4-1-5-20-6-8-22-9-7-20/h2-3,10-11,19H,1,4-9,17H2,(H,18,21). The number of aromatic nitrogens is 1. The molecule has 1 aromatic heterocycles. The van der Waals surface area contributed by atoms with Crippen LogP contribution in [0.4, 0.5) is 5.69 Å². The van der Waals surface area contributed by atoms with Crippen LogP contribution in [0.2, 0.25) is 0 Å². The molecule has 2 heterocycles. The fourth-order valence-corrected chi connectivity index (χ4v) is 2.70. The summed E-state index contributed by atoms with van der Waals surface area (Å²) in [6, 6.07) is 7.41. The van der Waals surface area contributed by atoms with E-state index in [2.05, 4.69) is 15.2 Å². The van der Waals surface area contributed by atoms with Crippen molar-refractivity contribution in [2.45, 2.75) is 6.42 Å². The molecule has 0 bridgehead atoms. The number of fused-ring (bicyclic) bond motifs is 1. The van der Waals surface area contributed by atoms with E-state index in [9.17, 15) is 4.79 Å². The molecule has 1 amide bonds. The molecule has 0 unspecified atom stereocenters. The first-order valence-electron chi connectivity index (χ1n) is 7.69. The lowest BCUT2D eigenvalue weighted by Crippen LogP contribution is -2.38. The van der Waals surface area contributed by atoms with Crippen molar-refractivity contribution in [1.29, 1.82) is 0 Å². The van der Waals surface area contributed by atoms with Gasteiger partial charge in [0.25, 0.3) is 5.91 Å². The predicted octanol–water partition coefficient (Wildman–Crippen LogP) is 1.20. The number of anilines is 1. The second-order valence-electron chi connectivity index (χ2n) is 5.59. The molecule has 3 rings (SSSR count). The molecule has 118 valence electrons. The Morgan fingerprint density at radius 3 is 2.95 bits per heavy atom. The maximum atomic E-state index is 12.1. The summed E-state index contributed by atoms with van der Waals surface area (Å²) in [7, 11) is 0. The Balaban J connectivity index is 1.48. The van der Waals surface area contributed by atoms with E-state index in [1.165, 1.54) is 0 Å². The molecular weight excluding hydrogens is 280 g/mol. The number of aromatic amines is 1. The average Bonchev–Trinajstić information content (AvgIpc) is 2.95. The van der Waals surface area contributed by atoms with Gasteiger partial charge in [0.2, 0.25) is 0 Å². The Bertz CT molecular complexity index is 647. The SMILES string of the molecule is Nc1ccc2[nH]c(C(=O)NCCCN3CCOCC3)cc2c1. The third-order valence-corrected chi connectivity index (χ3v) is 3.93. The van der Waals surface area contributed by atoms with E-state index >= 15 is 0 Å². The number of rotatable bonds is 5. The smallest absolute Gasteiger partial charge is 0.267 e. The fourth-order valence-electron chi connectivity index (χ4n) is 2.70. The van der Waals surface area contributed by atoms with E-state index in [4.69, 9.17) is 10.5 Å². The van der Waals surface area contributed by atoms with Crippen molar-refractivity contribution < 1.29 is 9.53 Å². The van der Waals surface area contributed by atoms with Crippen LogP contribution >= 0.6 is 0 Å². The second-order valence-corrected chi connectivity index (χ2v) is 5.59. The molecule has 0 atom stereocenters. The van der Waals surface area contributed by atoms with Gasteiger partial charge in [0.15, 0.2) is 0 Å². The molecule has 1 saturated heterocycles. The number of benzene rings is 1. The van der Waals surface area contributed by atoms with Crippen molar-refractivity contribution in [2.24, 2.45) is 0 Å². The second kappa shape index (κ2) is 6.81. The Morgan fingerprint density at radius 1 is 1.32 bits per heavy atom. The molecule has 6 nitrogen and oxygen atoms in total. The molecule has 4 N–H and O–H groups in total. The molecule has 1 aliphatic heterocycles. The molecular formula is C16H22N4O2. The van der Waals surface area contributed by atoms with Gasteiger partial charge >= 0.3 is 0 Å². The first kappa shape index (κ1) is 14.9. The monoisotopic (exact) mass is 302 g/mol. The summed E-state index contributed by atoms with van der Waals surface area (Å²) >= 11 is 0. The highest BCUT2D eigenvalue weighted by Crippen LogP contribution is 2.18. The van der Waals surface area contributed by atoms with Crippen LogP contribution in [0.15, 0.2) is 24.3 Å². The lowest BCUT2D eigenvalue weighted by atomic mass is 10.2. The first-order valence-corrected chi connectivity index (χ1v) is 7.69. The highest BCUT2D eigenvalue weighted by Gasteiger charge is 2.11. The zero-order valence-corrected chi connectivity index (χ0v) is 12.6. The number of H-pyrrole nitrogens is 1. The van der Waals surface area contributed by atoms with Gasteiger partial charge in [0.05, 0.1) is 13.2 Å². The van der Waals surface area contributed by atoms with Crippen molar-refractivity contribution in [1.82, 2.24) is 15.2 Å². The van der Waals surface area contributed by atoms with E-state index < -0.39 is 0 Å². The number of nitrogens with zero attached hydrogens (tertiary/aromatic N) is 1. The molecule has 0 saturated carbocycles. The van der Waals surface area contributed by atoms with Gasteiger partial charge in [-0.3, -0.25) is 9.69 Å². The van der Waals surface area contributed by atoms with Gasteiger partial charge in [-0.05, 0) is 37.2 Å². The number of amides is 1. The van der Waals surface area contributed by atoms with Crippen LogP contribution in [0.3, 0.4) is 0 Å². The fraction of sp³-hybridized carbons (Fsp3) is 0.438. The van der Waals surface area contributed by atoms with Crippen molar-refractivity contribution >= 4 is 22.5 Å². The lowest BCUT2D eigenvalue weighted by molar-refractivity contribution is 0.0374. The minimum absolute atomic E-state index is 0.0725. The van der Waals surface area contributed by atoms with Crippen LogP contribution in [0.1, 0.15) is 16.9 Å². The van der Waals surface area contributed by atoms with Gasteiger partial charge in [0.1, 0.15) is 5.69 Å². The zero-order chi connectivity index (χ0) is 15.4. The van der Waals surface area contributed by atoms with Gasteiger partial charge in [-0.15, -0.1) is 0 Å². The largest absolute Gasteiger partial charge is 0.399 e. The first-order chi connectivity index (χ1) is 10.7. The number of nitrogen functional groups attached to an aromatic ring is 1. The van der Waals surface area contributed by atoms with Crippen molar-refractivity contribution in [2.75, 3.05) is 45.1 Å². The minimum Gasteiger partial charge on any atom is -0.399 e. The summed E-state index contributed by atoms with van der Waals surface area (Å²) in [6.07, 6.45) is 0.943. The van der Waals surface area contributed by atoms with E-state index in [1.54, 1.807) is 0 Å². The molecule has 2 aromatic rings. The molecule has 0 spiro atoms. The topological polar surface area (TPSA) is 83.4 Å². The summed E-state index contributed by atoms with van der Waals surface area (Å²) in [4.78, 5) is 17.6. The molecule has 1 aromatic carbocycles. The van der Waals surface area contributed by atoms with Crippen LogP contribution < -0.4 is 11.1 Å². The van der Waals surface area contributed by atoms with Crippen LogP contribution in [-0.4, -0.2) is 55.2 Å². The van der Waals surface area contributed by atoms with Gasteiger partial charge < -0.3 is 20.8 Å². The summed E-state index contributed by atoms with van der Waals surface area (Å²) in [5.74, 6) is -0.0725. The number of hydrogen-bond acceptors (Lipinski definition) is 4. The lowest BCUT2D eigenvalue weighted by Gasteiger charge is -2.26. The van der Waals surface area contributed by atoms with Crippen molar-refractivity contribution in [3.8, 4) is 0 Å². The molecule has 0 radical (unpaired) electrons. The highest BCUT2D eigenvalue weighted by atomic mass is 16.5. The number of carbonyl (C=O) groups excluding carboxylic acids is 1. The van der Waals surface area contributed by atoms with Crippen LogP contribution in [0.5, 0.6) is 0 Å². The van der Waals surface area contributed by atoms with Gasteiger partial charge in [0, 0.05) is 36.2 Å². The summed E-state index contributed by atoms with van der Waals surface area (Å²) in [5.41, 5.74) is 7.95. The molecule has 1 aliphatic rings. The summed E-state index contributed by atoms with van der Waals surface area (Å²) < 4.78 is 5.31. The summed E-state index contributed by atoms with van der Waals surface area (Å²) in [5, 5.41) is 3.91. The van der Waals surface area contributed by atoms with E-state index in [0.29, 0.717) is 17.9 Å². The van der Waals surface area contributed by atoms with E-state index in [0.717, 1.165) is 50.2 Å². The number of morpholine rings is 1. The Kier molecular flexibility index (Phi) is 4.60. The Morgan fingerprint density at radius 2 is 2.14 bits per heavy atom. The maximum Gasteiger partial charge on any atom is 0.267 e. The van der Waals surface area contributed by atoms with E-state index in [1.807, 2.05) is 24.3 Å². The van der Waals surface area contributed by atoms with Crippen LogP contribution in [0, 0.1) is 0 Å². The number of carbonyl (C=O) groups is 1. The normalized spacial score (nSPS) is 16.0. The van der Waals surface area contributed by atoms with Gasteiger partial charge in [-0.2, -0.15) is 0 Å². The third-order valence-electron chi connectivity index (χ3n) is 3.93. The van der Waals surface area contributed by atoms with Gasteiger partial charge in [-0.25, -0.2) is 0 Å². The van der Waals surface area contributed by atoms with E-state index in [-0.39, 0.29) is 5.91 Å². The molecule has 6 heteroatoms. The third kappa shape index (κ3) is 3.58. The number of nitrogens with two attached hydrogens (primary N) is 1. The average molecular weight is 302 g/mol. The Hall–Kier alpha value is -2.05. The quantitative estimate of drug-likeness (QED) is 0.572. The Labute approximate surface area is 129 Å². The molecule has 0 aliphatic carbocycles. The van der Waals surface area contributed by atoms with Gasteiger partial charge in [-0.1, -0.05) is 0 Å². The molecule has 22 heavy (non-hydrogen) atoms. The van der Waals surface area contributed by atoms with Crippen molar-refractivity contribution in [3.63, 3.8) is 0 Å². The highest BCUT2D eigenvalue weighted by molar-refractivity contribution is 5.98. The number of hydrogen-bond donors (Lipinski definition) is 3.